The average Bonchev–Trinajstić information content (AvgIpc) is 3.33. The Morgan fingerprint density at radius 2 is 1.89 bits per heavy atom. The van der Waals surface area contributed by atoms with Gasteiger partial charge in [-0.15, -0.1) is 0 Å². The summed E-state index contributed by atoms with van der Waals surface area (Å²) in [6, 6.07) is 17.6. The van der Waals surface area contributed by atoms with E-state index in [-0.39, 0.29) is 11.5 Å². The van der Waals surface area contributed by atoms with Crippen molar-refractivity contribution < 1.29 is 13.6 Å². The number of halogens is 2. The van der Waals surface area contributed by atoms with E-state index in [1.807, 2.05) is 0 Å². The summed E-state index contributed by atoms with van der Waals surface area (Å²) in [5.74, 6) is -0.240. The van der Waals surface area contributed by atoms with Gasteiger partial charge in [-0.25, -0.2) is 9.07 Å². The third kappa shape index (κ3) is 3.61. The van der Waals surface area contributed by atoms with Crippen molar-refractivity contribution in [1.82, 2.24) is 9.78 Å². The summed E-state index contributed by atoms with van der Waals surface area (Å²) >= 11 is 6.08. The molecule has 134 valence electrons. The molecule has 2 heterocycles. The smallest absolute Gasteiger partial charge is 0.274 e. The molecule has 2 aromatic heterocycles. The number of nitrogens with one attached hydrogen (secondary N) is 1. The molecule has 4 aromatic rings. The summed E-state index contributed by atoms with van der Waals surface area (Å²) < 4.78 is 20.0. The molecule has 0 aliphatic rings. The number of carbonyl (C=O) groups excluding carboxylic acids is 1. The van der Waals surface area contributed by atoms with E-state index in [0.29, 0.717) is 27.9 Å². The lowest BCUT2D eigenvalue weighted by atomic mass is 10.2. The number of amides is 1. The van der Waals surface area contributed by atoms with Crippen LogP contribution in [0.25, 0.3) is 17.1 Å². The minimum atomic E-state index is -0.396. The van der Waals surface area contributed by atoms with Gasteiger partial charge in [0.2, 0.25) is 0 Å². The van der Waals surface area contributed by atoms with E-state index in [9.17, 15) is 9.18 Å². The molecule has 0 saturated carbocycles. The molecule has 5 nitrogen and oxygen atoms in total. The maximum Gasteiger partial charge on any atom is 0.274 e. The molecule has 0 saturated heterocycles. The van der Waals surface area contributed by atoms with Gasteiger partial charge in [-0.05, 0) is 54.6 Å². The van der Waals surface area contributed by atoms with Crippen molar-refractivity contribution in [3.8, 4) is 17.1 Å². The van der Waals surface area contributed by atoms with Crippen LogP contribution in [0.15, 0.2) is 77.4 Å². The van der Waals surface area contributed by atoms with Crippen molar-refractivity contribution in [2.75, 3.05) is 5.32 Å². The first-order valence-corrected chi connectivity index (χ1v) is 8.45. The first-order chi connectivity index (χ1) is 13.1. The molecule has 7 heteroatoms. The second-order valence-electron chi connectivity index (χ2n) is 5.74. The molecule has 0 unspecified atom stereocenters. The zero-order valence-electron chi connectivity index (χ0n) is 13.9. The van der Waals surface area contributed by atoms with E-state index in [1.54, 1.807) is 42.5 Å². The summed E-state index contributed by atoms with van der Waals surface area (Å²) in [4.78, 5) is 12.8. The Labute approximate surface area is 159 Å². The Balaban J connectivity index is 1.75. The van der Waals surface area contributed by atoms with E-state index < -0.39 is 5.91 Å². The molecule has 4 rings (SSSR count). The highest BCUT2D eigenvalue weighted by molar-refractivity contribution is 6.30. The SMILES string of the molecule is O=C(Nc1ccc(F)cc1)c1cc(-c2ccco2)nn1-c1cccc(Cl)c1. The van der Waals surface area contributed by atoms with E-state index in [0.717, 1.165) is 0 Å². The van der Waals surface area contributed by atoms with Crippen molar-refractivity contribution >= 4 is 23.2 Å². The van der Waals surface area contributed by atoms with Gasteiger partial charge in [0, 0.05) is 16.8 Å². The van der Waals surface area contributed by atoms with Crippen LogP contribution in [0.5, 0.6) is 0 Å². The summed E-state index contributed by atoms with van der Waals surface area (Å²) in [7, 11) is 0. The average molecular weight is 382 g/mol. The Morgan fingerprint density at radius 3 is 2.59 bits per heavy atom. The topological polar surface area (TPSA) is 60.1 Å². The fourth-order valence-corrected chi connectivity index (χ4v) is 2.81. The zero-order valence-corrected chi connectivity index (χ0v) is 14.7. The summed E-state index contributed by atoms with van der Waals surface area (Å²) in [6.07, 6.45) is 1.53. The largest absolute Gasteiger partial charge is 0.463 e. The Kier molecular flexibility index (Phi) is 4.48. The maximum absolute atomic E-state index is 13.1. The van der Waals surface area contributed by atoms with Crippen molar-refractivity contribution in [2.45, 2.75) is 0 Å². The first kappa shape index (κ1) is 17.1. The minimum Gasteiger partial charge on any atom is -0.463 e. The Bertz CT molecular complexity index is 1090. The van der Waals surface area contributed by atoms with Crippen molar-refractivity contribution in [3.05, 3.63) is 89.5 Å². The fourth-order valence-electron chi connectivity index (χ4n) is 2.62. The third-order valence-corrected chi connectivity index (χ3v) is 4.11. The van der Waals surface area contributed by atoms with Crippen LogP contribution in [0, 0.1) is 5.82 Å². The molecule has 0 fully saturated rings. The van der Waals surface area contributed by atoms with Gasteiger partial charge in [-0.3, -0.25) is 4.79 Å². The highest BCUT2D eigenvalue weighted by Crippen LogP contribution is 2.24. The highest BCUT2D eigenvalue weighted by atomic mass is 35.5. The van der Waals surface area contributed by atoms with Crippen LogP contribution in [0.4, 0.5) is 10.1 Å². The predicted octanol–water partition coefficient (Wildman–Crippen LogP) is 5.18. The van der Waals surface area contributed by atoms with Crippen LogP contribution in [0.3, 0.4) is 0 Å². The molecule has 0 radical (unpaired) electrons. The summed E-state index contributed by atoms with van der Waals surface area (Å²) in [5, 5.41) is 7.74. The number of carbonyl (C=O) groups is 1. The number of furan rings is 1. The van der Waals surface area contributed by atoms with Gasteiger partial charge in [0.05, 0.1) is 12.0 Å². The molecule has 2 aromatic carbocycles. The monoisotopic (exact) mass is 381 g/mol. The fraction of sp³-hybridized carbons (Fsp3) is 0. The van der Waals surface area contributed by atoms with E-state index in [2.05, 4.69) is 10.4 Å². The number of nitrogens with zero attached hydrogens (tertiary/aromatic N) is 2. The second kappa shape index (κ2) is 7.09. The number of aromatic nitrogens is 2. The third-order valence-electron chi connectivity index (χ3n) is 3.87. The van der Waals surface area contributed by atoms with Gasteiger partial charge in [0.1, 0.15) is 17.2 Å². The molecule has 1 amide bonds. The van der Waals surface area contributed by atoms with Crippen LogP contribution >= 0.6 is 11.6 Å². The molecule has 0 spiro atoms. The van der Waals surface area contributed by atoms with Crippen molar-refractivity contribution in [2.24, 2.45) is 0 Å². The van der Waals surface area contributed by atoms with E-state index >= 15 is 0 Å². The van der Waals surface area contributed by atoms with Gasteiger partial charge in [-0.2, -0.15) is 5.10 Å². The zero-order chi connectivity index (χ0) is 18.8. The van der Waals surface area contributed by atoms with Crippen LogP contribution in [0.2, 0.25) is 5.02 Å². The van der Waals surface area contributed by atoms with Crippen LogP contribution in [-0.4, -0.2) is 15.7 Å². The molecule has 0 aliphatic heterocycles. The molecule has 0 aliphatic carbocycles. The van der Waals surface area contributed by atoms with Gasteiger partial charge >= 0.3 is 0 Å². The molecule has 1 N–H and O–H groups in total. The van der Waals surface area contributed by atoms with Gasteiger partial charge < -0.3 is 9.73 Å². The lowest BCUT2D eigenvalue weighted by Crippen LogP contribution is -2.17. The summed E-state index contributed by atoms with van der Waals surface area (Å²) in [6.45, 7) is 0. The lowest BCUT2D eigenvalue weighted by Gasteiger charge is -2.08. The maximum atomic E-state index is 13.1. The number of rotatable bonds is 4. The van der Waals surface area contributed by atoms with Gasteiger partial charge in [0.15, 0.2) is 5.76 Å². The Morgan fingerprint density at radius 1 is 1.07 bits per heavy atom. The van der Waals surface area contributed by atoms with Gasteiger partial charge in [-0.1, -0.05) is 17.7 Å². The van der Waals surface area contributed by atoms with E-state index in [4.69, 9.17) is 16.0 Å². The normalized spacial score (nSPS) is 10.7. The van der Waals surface area contributed by atoms with Crippen molar-refractivity contribution in [3.63, 3.8) is 0 Å². The molecule has 0 atom stereocenters. The van der Waals surface area contributed by atoms with E-state index in [1.165, 1.54) is 35.2 Å². The van der Waals surface area contributed by atoms with Crippen LogP contribution in [0.1, 0.15) is 10.5 Å². The standard InChI is InChI=1S/C20H13ClFN3O2/c21-13-3-1-4-16(11-13)25-18(12-17(24-25)19-5-2-10-27-19)20(26)23-15-8-6-14(22)7-9-15/h1-12H,(H,23,26). The molecule has 27 heavy (non-hydrogen) atoms. The van der Waals surface area contributed by atoms with Crippen LogP contribution in [-0.2, 0) is 0 Å². The highest BCUT2D eigenvalue weighted by Gasteiger charge is 2.19. The number of anilines is 1. The first-order valence-electron chi connectivity index (χ1n) is 8.07. The van der Waals surface area contributed by atoms with Crippen LogP contribution < -0.4 is 5.32 Å². The number of hydrogen-bond donors (Lipinski definition) is 1. The summed E-state index contributed by atoms with van der Waals surface area (Å²) in [5.41, 5.74) is 1.89. The second-order valence-corrected chi connectivity index (χ2v) is 6.18. The van der Waals surface area contributed by atoms with Crippen molar-refractivity contribution in [1.29, 1.82) is 0 Å². The lowest BCUT2D eigenvalue weighted by molar-refractivity contribution is 0.101. The quantitative estimate of drug-likeness (QED) is 0.530. The Hall–Kier alpha value is -3.38. The minimum absolute atomic E-state index is 0.285. The predicted molar refractivity (Wildman–Crippen MR) is 101 cm³/mol. The molecule has 0 bridgehead atoms. The number of hydrogen-bond acceptors (Lipinski definition) is 3. The van der Waals surface area contributed by atoms with Gasteiger partial charge in [0.25, 0.3) is 5.91 Å². The number of benzene rings is 2. The molecular weight excluding hydrogens is 369 g/mol. The molecular formula is C20H13ClFN3O2.